The van der Waals surface area contributed by atoms with Crippen molar-refractivity contribution in [1.29, 1.82) is 0 Å². The average Bonchev–Trinajstić information content (AvgIpc) is 2.55. The Morgan fingerprint density at radius 2 is 1.38 bits per heavy atom. The van der Waals surface area contributed by atoms with Crippen LogP contribution in [0.3, 0.4) is 0 Å². The van der Waals surface area contributed by atoms with E-state index in [0.717, 1.165) is 0 Å². The fraction of sp³-hybridized carbons (Fsp3) is 0.467. The van der Waals surface area contributed by atoms with E-state index < -0.39 is 40.7 Å². The highest BCUT2D eigenvalue weighted by Gasteiger charge is 2.33. The van der Waals surface area contributed by atoms with Crippen LogP contribution in [0, 0.1) is 29.1 Å². The van der Waals surface area contributed by atoms with E-state index >= 15 is 0 Å². The number of hydrogen-bond acceptors (Lipinski definition) is 2. The third-order valence-electron chi connectivity index (χ3n) is 3.81. The molecule has 1 N–H and O–H groups in total. The molecule has 0 amide bonds. The molecule has 0 spiro atoms. The van der Waals surface area contributed by atoms with Gasteiger partial charge in [-0.2, -0.15) is 0 Å². The summed E-state index contributed by atoms with van der Waals surface area (Å²) in [4.78, 5) is 1.73. The van der Waals surface area contributed by atoms with Gasteiger partial charge in [0.1, 0.15) is 0 Å². The minimum Gasteiger partial charge on any atom is -0.314 e. The van der Waals surface area contributed by atoms with Gasteiger partial charge in [-0.3, -0.25) is 4.90 Å². The summed E-state index contributed by atoms with van der Waals surface area (Å²) in [5.41, 5.74) is -0.750. The van der Waals surface area contributed by atoms with Crippen molar-refractivity contribution in [3.63, 3.8) is 0 Å². The second-order valence-electron chi connectivity index (χ2n) is 5.15. The van der Waals surface area contributed by atoms with Crippen molar-refractivity contribution in [3.05, 3.63) is 47.3 Å². The second kappa shape index (κ2) is 10.2. The van der Waals surface area contributed by atoms with Gasteiger partial charge >= 0.3 is 0 Å². The minimum absolute atomic E-state index is 0. The third-order valence-corrected chi connectivity index (χ3v) is 3.81. The Morgan fingerprint density at radius 1 is 0.917 bits per heavy atom. The molecule has 2 nitrogen and oxygen atoms in total. The topological polar surface area (TPSA) is 15.3 Å². The van der Waals surface area contributed by atoms with Crippen LogP contribution in [-0.2, 0) is 0 Å². The van der Waals surface area contributed by atoms with Crippen molar-refractivity contribution >= 4 is 24.8 Å². The van der Waals surface area contributed by atoms with E-state index in [0.29, 0.717) is 32.6 Å². The Kier molecular flexibility index (Phi) is 9.80. The molecular formula is C15H19Cl2F5N2. The molecule has 0 saturated carbocycles. The maximum absolute atomic E-state index is 14.0. The van der Waals surface area contributed by atoms with Crippen LogP contribution in [0.5, 0.6) is 0 Å². The summed E-state index contributed by atoms with van der Waals surface area (Å²) in [7, 11) is 0. The zero-order valence-electron chi connectivity index (χ0n) is 12.8. The Balaban J connectivity index is 0.00000264. The number of rotatable bonds is 5. The highest BCUT2D eigenvalue weighted by atomic mass is 35.5. The van der Waals surface area contributed by atoms with Gasteiger partial charge in [0.2, 0.25) is 5.82 Å². The van der Waals surface area contributed by atoms with E-state index in [2.05, 4.69) is 11.9 Å². The molecule has 1 heterocycles. The molecule has 1 fully saturated rings. The number of halogens is 7. The zero-order valence-corrected chi connectivity index (χ0v) is 14.4. The van der Waals surface area contributed by atoms with Gasteiger partial charge in [0.05, 0.1) is 0 Å². The van der Waals surface area contributed by atoms with Gasteiger partial charge in [-0.25, -0.2) is 22.0 Å². The molecule has 1 aromatic carbocycles. The highest BCUT2D eigenvalue weighted by Crippen LogP contribution is 2.34. The van der Waals surface area contributed by atoms with Crippen LogP contribution < -0.4 is 5.32 Å². The Hall–Kier alpha value is -0.890. The van der Waals surface area contributed by atoms with Gasteiger partial charge in [-0.15, -0.1) is 31.4 Å². The number of nitrogens with one attached hydrogen (secondary N) is 1. The summed E-state index contributed by atoms with van der Waals surface area (Å²) in [6.45, 7) is 5.68. The first-order valence-electron chi connectivity index (χ1n) is 7.06. The molecular weight excluding hydrogens is 374 g/mol. The van der Waals surface area contributed by atoms with Gasteiger partial charge in [-0.05, 0) is 12.8 Å². The van der Waals surface area contributed by atoms with Crippen molar-refractivity contribution in [2.75, 3.05) is 26.2 Å². The summed E-state index contributed by atoms with van der Waals surface area (Å²) in [5, 5.41) is 3.08. The molecule has 1 aromatic rings. The van der Waals surface area contributed by atoms with E-state index in [1.165, 1.54) is 0 Å². The van der Waals surface area contributed by atoms with Crippen LogP contribution in [0.2, 0.25) is 0 Å². The first-order chi connectivity index (χ1) is 10.5. The summed E-state index contributed by atoms with van der Waals surface area (Å²) in [6, 6.07) is -0.871. The van der Waals surface area contributed by atoms with E-state index in [-0.39, 0.29) is 31.2 Å². The molecule has 24 heavy (non-hydrogen) atoms. The Bertz CT molecular complexity index is 536. The molecule has 0 bridgehead atoms. The molecule has 0 unspecified atom stereocenters. The van der Waals surface area contributed by atoms with E-state index in [9.17, 15) is 22.0 Å². The van der Waals surface area contributed by atoms with Crippen LogP contribution in [0.1, 0.15) is 24.4 Å². The quantitative estimate of drug-likeness (QED) is 0.350. The van der Waals surface area contributed by atoms with Crippen LogP contribution in [-0.4, -0.2) is 31.1 Å². The minimum atomic E-state index is -2.12. The number of piperazine rings is 1. The van der Waals surface area contributed by atoms with Gasteiger partial charge in [0.25, 0.3) is 0 Å². The Labute approximate surface area is 149 Å². The summed E-state index contributed by atoms with van der Waals surface area (Å²) in [6.07, 6.45) is 2.21. The standard InChI is InChI=1S/C15H17F5N2.2ClH/c1-2-3-4-9(22-7-5-21-6-8-22)10-11(16)13(18)15(20)14(19)12(10)17;;/h2,9,21H,1,3-8H2;2*1H/t9-;;/m1../s1. The molecule has 0 aliphatic carbocycles. The van der Waals surface area contributed by atoms with E-state index in [1.54, 1.807) is 11.0 Å². The second-order valence-corrected chi connectivity index (χ2v) is 5.15. The molecule has 0 aromatic heterocycles. The van der Waals surface area contributed by atoms with Crippen molar-refractivity contribution < 1.29 is 22.0 Å². The fourth-order valence-electron chi connectivity index (χ4n) is 2.69. The predicted octanol–water partition coefficient (Wildman–Crippen LogP) is 4.14. The van der Waals surface area contributed by atoms with Crippen molar-refractivity contribution in [1.82, 2.24) is 10.2 Å². The van der Waals surface area contributed by atoms with Gasteiger partial charge in [0, 0.05) is 37.8 Å². The maximum atomic E-state index is 14.0. The first kappa shape index (κ1) is 23.1. The lowest BCUT2D eigenvalue weighted by Crippen LogP contribution is -2.45. The molecule has 2 rings (SSSR count). The lowest BCUT2D eigenvalue weighted by molar-refractivity contribution is 0.156. The van der Waals surface area contributed by atoms with Crippen LogP contribution in [0.25, 0.3) is 0 Å². The smallest absolute Gasteiger partial charge is 0.200 e. The Morgan fingerprint density at radius 3 is 1.83 bits per heavy atom. The van der Waals surface area contributed by atoms with E-state index in [4.69, 9.17) is 0 Å². The van der Waals surface area contributed by atoms with Gasteiger partial charge in [0.15, 0.2) is 23.3 Å². The van der Waals surface area contributed by atoms with Crippen LogP contribution in [0.15, 0.2) is 12.7 Å². The largest absolute Gasteiger partial charge is 0.314 e. The number of benzene rings is 1. The van der Waals surface area contributed by atoms with E-state index in [1.807, 2.05) is 0 Å². The van der Waals surface area contributed by atoms with Crippen molar-refractivity contribution in [3.8, 4) is 0 Å². The normalized spacial score (nSPS) is 16.0. The molecule has 1 aliphatic heterocycles. The molecule has 1 atom stereocenters. The predicted molar refractivity (Wildman–Crippen MR) is 87.3 cm³/mol. The molecule has 9 heteroatoms. The third kappa shape index (κ3) is 4.59. The molecule has 1 aliphatic rings. The number of allylic oxidation sites excluding steroid dienone is 1. The summed E-state index contributed by atoms with van der Waals surface area (Å²) >= 11 is 0. The monoisotopic (exact) mass is 392 g/mol. The molecule has 1 saturated heterocycles. The highest BCUT2D eigenvalue weighted by molar-refractivity contribution is 5.85. The van der Waals surface area contributed by atoms with Crippen LogP contribution in [0.4, 0.5) is 22.0 Å². The summed E-state index contributed by atoms with van der Waals surface area (Å²) < 4.78 is 68.2. The molecule has 138 valence electrons. The van der Waals surface area contributed by atoms with Crippen molar-refractivity contribution in [2.45, 2.75) is 18.9 Å². The van der Waals surface area contributed by atoms with Gasteiger partial charge in [-0.1, -0.05) is 6.08 Å². The van der Waals surface area contributed by atoms with Gasteiger partial charge < -0.3 is 5.32 Å². The lowest BCUT2D eigenvalue weighted by Gasteiger charge is -2.35. The average molecular weight is 393 g/mol. The number of nitrogens with zero attached hydrogens (tertiary/aromatic N) is 1. The van der Waals surface area contributed by atoms with Crippen molar-refractivity contribution in [2.24, 2.45) is 0 Å². The first-order valence-corrected chi connectivity index (χ1v) is 7.06. The number of hydrogen-bond donors (Lipinski definition) is 1. The maximum Gasteiger partial charge on any atom is 0.200 e. The molecule has 0 radical (unpaired) electrons. The fourth-order valence-corrected chi connectivity index (χ4v) is 2.69. The SMILES string of the molecule is C=CCC[C@H](c1c(F)c(F)c(F)c(F)c1F)N1CCNCC1.Cl.Cl. The van der Waals surface area contributed by atoms with Crippen LogP contribution >= 0.6 is 24.8 Å². The lowest BCUT2D eigenvalue weighted by atomic mass is 9.97. The summed E-state index contributed by atoms with van der Waals surface area (Å²) in [5.74, 6) is -9.41. The zero-order chi connectivity index (χ0) is 16.3.